The third-order valence-corrected chi connectivity index (χ3v) is 14.5. The first-order chi connectivity index (χ1) is 39.7. The molecule has 85 heavy (non-hydrogen) atoms. The summed E-state index contributed by atoms with van der Waals surface area (Å²) in [5.41, 5.74) is 15.5. The molecule has 0 aliphatic carbocycles. The molecule has 456 valence electrons. The Morgan fingerprint density at radius 3 is 1.53 bits per heavy atom. The highest BCUT2D eigenvalue weighted by molar-refractivity contribution is 9.10. The highest BCUT2D eigenvalue weighted by Gasteiger charge is 2.46. The lowest BCUT2D eigenvalue weighted by Gasteiger charge is -2.39. The van der Waals surface area contributed by atoms with Gasteiger partial charge in [-0.25, -0.2) is 75.0 Å². The summed E-state index contributed by atoms with van der Waals surface area (Å²) in [7, 11) is 5.80. The van der Waals surface area contributed by atoms with Crippen molar-refractivity contribution in [3.8, 4) is 0 Å². The first kappa shape index (κ1) is 64.8. The third kappa shape index (κ3) is 16.0. The number of fused-ring (bicyclic) bond motifs is 2. The number of halogens is 10. The average Bonchev–Trinajstić information content (AvgIpc) is 2.57. The van der Waals surface area contributed by atoms with E-state index in [0.717, 1.165) is 75.2 Å². The molecule has 8 aromatic heterocycles. The van der Waals surface area contributed by atoms with Crippen LogP contribution in [0.2, 0.25) is 0 Å². The fourth-order valence-corrected chi connectivity index (χ4v) is 9.46. The number of alkyl halides is 8. The lowest BCUT2D eigenvalue weighted by Crippen LogP contribution is -2.56. The van der Waals surface area contributed by atoms with Crippen molar-refractivity contribution in [3.63, 3.8) is 0 Å². The highest BCUT2D eigenvalue weighted by atomic mass is 79.9. The van der Waals surface area contributed by atoms with Crippen LogP contribution in [0.15, 0.2) is 90.8 Å². The summed E-state index contributed by atoms with van der Waals surface area (Å²) in [5, 5.41) is 16.2. The number of pyridine rings is 6. The molecule has 0 unspecified atom stereocenters. The molecule has 0 spiro atoms. The standard InChI is InChI=1S/C18H20F2N6.C17H18F2N6.C10H13F2N3.C7H7BrN2O2.C3H5F2N.ClH/c1-4-12-5-17(26-9-18(19,20)10-26)22-8-15(12)25(3)16-6-14-13(7-21-16)23-11-24(14)2;1-3-11-4-16(25-8-17(18,19)9-25)21-6-12(11)23-15-5-14-13(7-20-15)22-10-24(14)2;1-2-7-3-9(14-4-8(7)13)15-5-10(11,12)6-15;1-2-5-3-7(8)9-4-6(5)10(11)12;4-3(5)1-6-2-3;/h5-8,11H,4,9-10H2,1-3H3;4-7,10H,3,8-9H2,1-2H3,(H,20,23);3-4H,2,5-6,13H2,1H3;3-4H,2H2,1H3;6H,1-2H2;1H. The SMILES string of the molecule is CCc1cc(Br)ncc1[N+](=O)[O-].CCc1cc(N2CC(F)(F)C2)ncc1N.CCc1cc(N2CC(F)(F)C2)ncc1N(C)c1cc2c(cn1)ncn2C.CCc1cc(N2CC(F)(F)C2)ncc1Nc1cc2c(cn1)ncn2C.Cl.FC1(F)CNC1. The maximum absolute atomic E-state index is 13.1. The maximum atomic E-state index is 13.1. The van der Waals surface area contributed by atoms with Crippen molar-refractivity contribution in [2.24, 2.45) is 14.1 Å². The van der Waals surface area contributed by atoms with Gasteiger partial charge in [-0.2, -0.15) is 0 Å². The molecule has 0 amide bonds. The van der Waals surface area contributed by atoms with Gasteiger partial charge in [-0.15, -0.1) is 12.4 Å². The summed E-state index contributed by atoms with van der Waals surface area (Å²) in [6, 6.07) is 11.1. The molecule has 0 saturated carbocycles. The predicted molar refractivity (Wildman–Crippen MR) is 318 cm³/mol. The number of nitrogens with one attached hydrogen (secondary N) is 2. The summed E-state index contributed by atoms with van der Waals surface area (Å²) >= 11 is 3.15. The molecule has 20 nitrogen and oxygen atoms in total. The second kappa shape index (κ2) is 26.6. The summed E-state index contributed by atoms with van der Waals surface area (Å²) in [6.07, 6.45) is 16.1. The lowest BCUT2D eigenvalue weighted by molar-refractivity contribution is -0.385. The molecule has 4 aliphatic heterocycles. The molecule has 0 atom stereocenters. The van der Waals surface area contributed by atoms with E-state index in [9.17, 15) is 45.2 Å². The molecule has 8 aromatic rings. The molecule has 0 radical (unpaired) electrons. The van der Waals surface area contributed by atoms with Crippen LogP contribution >= 0.6 is 28.3 Å². The van der Waals surface area contributed by atoms with Gasteiger partial charge in [-0.1, -0.05) is 27.7 Å². The van der Waals surface area contributed by atoms with Crippen LogP contribution in [0.4, 0.5) is 87.0 Å². The number of anilines is 8. The molecule has 4 saturated heterocycles. The minimum atomic E-state index is -2.61. The molecule has 4 N–H and O–H groups in total. The van der Waals surface area contributed by atoms with Crippen LogP contribution < -0.4 is 36.0 Å². The van der Waals surface area contributed by atoms with E-state index >= 15 is 0 Å². The van der Waals surface area contributed by atoms with Gasteiger partial charge in [0, 0.05) is 38.8 Å². The largest absolute Gasteiger partial charge is 0.397 e. The van der Waals surface area contributed by atoms with Crippen molar-refractivity contribution in [2.75, 3.05) is 90.1 Å². The van der Waals surface area contributed by atoms with Gasteiger partial charge in [0.1, 0.15) is 50.9 Å². The van der Waals surface area contributed by atoms with Crippen LogP contribution in [-0.2, 0) is 39.8 Å². The van der Waals surface area contributed by atoms with Gasteiger partial charge in [0.2, 0.25) is 0 Å². The Hall–Kier alpha value is -7.79. The molecule has 0 aromatic carbocycles. The molecule has 12 heterocycles. The number of rotatable bonds is 12. The minimum Gasteiger partial charge on any atom is -0.397 e. The number of nitrogens with zero attached hydrogens (tertiary/aromatic N) is 15. The summed E-state index contributed by atoms with van der Waals surface area (Å²) in [5.74, 6) is -6.92. The first-order valence-corrected chi connectivity index (χ1v) is 27.5. The summed E-state index contributed by atoms with van der Waals surface area (Å²) < 4.78 is 105. The number of nitrogen functional groups attached to an aromatic ring is 1. The fourth-order valence-electron chi connectivity index (χ4n) is 9.08. The second-order valence-corrected chi connectivity index (χ2v) is 21.3. The molecule has 30 heteroatoms. The first-order valence-electron chi connectivity index (χ1n) is 26.7. The van der Waals surface area contributed by atoms with Crippen molar-refractivity contribution >= 4 is 102 Å². The predicted octanol–water partition coefficient (Wildman–Crippen LogP) is 10.9. The molecule has 0 bridgehead atoms. The van der Waals surface area contributed by atoms with Crippen LogP contribution in [0.3, 0.4) is 0 Å². The Balaban J connectivity index is 0.000000162. The number of nitrogens with two attached hydrogens (primary N) is 1. The van der Waals surface area contributed by atoms with Crippen molar-refractivity contribution in [3.05, 3.63) is 123 Å². The van der Waals surface area contributed by atoms with Gasteiger partial charge in [0.15, 0.2) is 0 Å². The Kier molecular flexibility index (Phi) is 20.3. The van der Waals surface area contributed by atoms with Crippen LogP contribution in [-0.4, -0.2) is 137 Å². The van der Waals surface area contributed by atoms with E-state index < -0.39 is 28.6 Å². The van der Waals surface area contributed by atoms with Crippen molar-refractivity contribution in [1.82, 2.24) is 54.3 Å². The molecule has 4 fully saturated rings. The number of hydrogen-bond donors (Lipinski definition) is 3. The Morgan fingerprint density at radius 1 is 0.600 bits per heavy atom. The van der Waals surface area contributed by atoms with Crippen molar-refractivity contribution in [2.45, 2.75) is 77.1 Å². The zero-order chi connectivity index (χ0) is 60.9. The van der Waals surface area contributed by atoms with E-state index in [1.165, 1.54) is 12.4 Å². The van der Waals surface area contributed by atoms with Crippen molar-refractivity contribution < 1.29 is 40.0 Å². The van der Waals surface area contributed by atoms with Gasteiger partial charge in [0.25, 0.3) is 29.4 Å². The van der Waals surface area contributed by atoms with Crippen LogP contribution in [0.1, 0.15) is 49.9 Å². The van der Waals surface area contributed by atoms with Gasteiger partial charge in [-0.05, 0) is 82.6 Å². The Bertz CT molecular complexity index is 3600. The lowest BCUT2D eigenvalue weighted by atomic mass is 10.1. The molecule has 12 rings (SSSR count). The van der Waals surface area contributed by atoms with E-state index in [4.69, 9.17) is 5.73 Å². The average molecular weight is 1280 g/mol. The molecule has 4 aliphatic rings. The number of imidazole rings is 2. The maximum Gasteiger partial charge on any atom is 0.290 e. The van der Waals surface area contributed by atoms with Crippen LogP contribution in [0, 0.1) is 10.1 Å². The smallest absolute Gasteiger partial charge is 0.290 e. The Morgan fingerprint density at radius 2 is 1.06 bits per heavy atom. The third-order valence-electron chi connectivity index (χ3n) is 14.0. The van der Waals surface area contributed by atoms with Gasteiger partial charge < -0.3 is 45.1 Å². The molecular weight excluding hydrogens is 1210 g/mol. The number of nitro groups is 1. The number of hydrogen-bond acceptors (Lipinski definition) is 17. The van der Waals surface area contributed by atoms with Gasteiger partial charge in [-0.3, -0.25) is 10.1 Å². The van der Waals surface area contributed by atoms with Crippen molar-refractivity contribution in [1.29, 1.82) is 0 Å². The number of aromatic nitrogens is 10. The monoisotopic (exact) mass is 1270 g/mol. The summed E-state index contributed by atoms with van der Waals surface area (Å²) in [4.78, 5) is 50.7. The fraction of sp³-hybridized carbons (Fsp3) is 0.418. The minimum absolute atomic E-state index is 0. The van der Waals surface area contributed by atoms with Crippen LogP contribution in [0.5, 0.6) is 0 Å². The normalized spacial score (nSPS) is 16.4. The topological polar surface area (TPSA) is 219 Å². The molecular formula is C55H64BrClF8N18O2. The zero-order valence-corrected chi connectivity index (χ0v) is 49.9. The van der Waals surface area contributed by atoms with Gasteiger partial charge >= 0.3 is 0 Å². The van der Waals surface area contributed by atoms with E-state index in [-0.39, 0.29) is 70.5 Å². The van der Waals surface area contributed by atoms with E-state index in [1.807, 2.05) is 87.1 Å². The van der Waals surface area contributed by atoms with E-state index in [1.54, 1.807) is 64.3 Å². The van der Waals surface area contributed by atoms with Crippen LogP contribution in [0.25, 0.3) is 22.1 Å². The number of aryl methyl sites for hydroxylation is 6. The zero-order valence-electron chi connectivity index (χ0n) is 47.5. The highest BCUT2D eigenvalue weighted by Crippen LogP contribution is 2.36. The summed E-state index contributed by atoms with van der Waals surface area (Å²) in [6.45, 7) is 6.08. The second-order valence-electron chi connectivity index (χ2n) is 20.5. The van der Waals surface area contributed by atoms with E-state index in [2.05, 4.69) is 66.4 Å². The quantitative estimate of drug-likeness (QED) is 0.0448. The van der Waals surface area contributed by atoms with Gasteiger partial charge in [0.05, 0.1) is 129 Å². The van der Waals surface area contributed by atoms with E-state index in [0.29, 0.717) is 45.5 Å². The Labute approximate surface area is 499 Å².